The van der Waals surface area contributed by atoms with Gasteiger partial charge in [0.1, 0.15) is 5.82 Å². The maximum Gasteiger partial charge on any atom is 0.417 e. The monoisotopic (exact) mass is 253 g/mol. The molecule has 0 bridgehead atoms. The van der Waals surface area contributed by atoms with Gasteiger partial charge in [-0.25, -0.2) is 14.0 Å². The third-order valence-corrected chi connectivity index (χ3v) is 2.54. The minimum Gasteiger partial charge on any atom is -0.378 e. The molecule has 2 rings (SSSR count). The van der Waals surface area contributed by atoms with Crippen LogP contribution in [0.2, 0.25) is 0 Å². The van der Waals surface area contributed by atoms with Gasteiger partial charge in [-0.1, -0.05) is 12.1 Å². The molecule has 18 heavy (non-hydrogen) atoms. The lowest BCUT2D eigenvalue weighted by Crippen LogP contribution is -2.41. The Morgan fingerprint density at radius 2 is 1.89 bits per heavy atom. The number of hydrogen-bond donors (Lipinski definition) is 0. The van der Waals surface area contributed by atoms with E-state index in [0.29, 0.717) is 26.3 Å². The summed E-state index contributed by atoms with van der Waals surface area (Å²) in [6.45, 7) is 1.54. The van der Waals surface area contributed by atoms with Crippen LogP contribution in [-0.2, 0) is 9.47 Å². The number of esters is 1. The summed E-state index contributed by atoms with van der Waals surface area (Å²) in [5, 5.41) is 0. The van der Waals surface area contributed by atoms with E-state index in [9.17, 15) is 14.0 Å². The highest BCUT2D eigenvalue weighted by Gasteiger charge is 2.23. The van der Waals surface area contributed by atoms with Crippen LogP contribution in [0.15, 0.2) is 24.3 Å². The number of morpholine rings is 1. The lowest BCUT2D eigenvalue weighted by atomic mass is 10.2. The summed E-state index contributed by atoms with van der Waals surface area (Å²) in [4.78, 5) is 24.5. The van der Waals surface area contributed by atoms with Crippen LogP contribution < -0.4 is 0 Å². The average molecular weight is 253 g/mol. The molecule has 1 aliphatic heterocycles. The van der Waals surface area contributed by atoms with Crippen molar-refractivity contribution in [2.45, 2.75) is 0 Å². The van der Waals surface area contributed by atoms with Gasteiger partial charge in [-0.3, -0.25) is 0 Å². The first-order chi connectivity index (χ1) is 8.68. The fourth-order valence-electron chi connectivity index (χ4n) is 1.57. The van der Waals surface area contributed by atoms with Crippen LogP contribution in [0.4, 0.5) is 9.18 Å². The number of carbonyl (C=O) groups is 2. The minimum atomic E-state index is -0.982. The molecule has 0 spiro atoms. The quantitative estimate of drug-likeness (QED) is 0.561. The SMILES string of the molecule is O=C(OC(=O)N1CCOCC1)c1ccccc1F. The van der Waals surface area contributed by atoms with Gasteiger partial charge in [-0.05, 0) is 12.1 Å². The normalized spacial score (nSPS) is 15.3. The molecule has 1 amide bonds. The van der Waals surface area contributed by atoms with E-state index in [1.807, 2.05) is 0 Å². The predicted molar refractivity (Wildman–Crippen MR) is 59.6 cm³/mol. The highest BCUT2D eigenvalue weighted by atomic mass is 19.1. The van der Waals surface area contributed by atoms with Gasteiger partial charge >= 0.3 is 12.1 Å². The standard InChI is InChI=1S/C12H12FNO4/c13-10-4-2-1-3-9(10)11(15)18-12(16)14-5-7-17-8-6-14/h1-4H,5-8H2. The molecule has 6 heteroatoms. The molecule has 1 fully saturated rings. The molecule has 1 heterocycles. The van der Waals surface area contributed by atoms with Crippen molar-refractivity contribution in [1.29, 1.82) is 0 Å². The van der Waals surface area contributed by atoms with Crippen molar-refractivity contribution < 1.29 is 23.5 Å². The van der Waals surface area contributed by atoms with E-state index in [-0.39, 0.29) is 5.56 Å². The van der Waals surface area contributed by atoms with E-state index in [2.05, 4.69) is 4.74 Å². The van der Waals surface area contributed by atoms with Crippen molar-refractivity contribution in [2.24, 2.45) is 0 Å². The molecule has 0 aliphatic carbocycles. The third kappa shape index (κ3) is 2.84. The van der Waals surface area contributed by atoms with Crippen molar-refractivity contribution in [3.05, 3.63) is 35.6 Å². The lowest BCUT2D eigenvalue weighted by molar-refractivity contribution is 0.0247. The molecule has 0 saturated carbocycles. The molecule has 0 N–H and O–H groups in total. The number of ether oxygens (including phenoxy) is 2. The van der Waals surface area contributed by atoms with E-state index in [1.165, 1.54) is 23.1 Å². The average Bonchev–Trinajstić information content (AvgIpc) is 2.40. The van der Waals surface area contributed by atoms with Gasteiger partial charge in [0.2, 0.25) is 0 Å². The van der Waals surface area contributed by atoms with Crippen LogP contribution in [0, 0.1) is 5.82 Å². The number of amides is 1. The van der Waals surface area contributed by atoms with Gasteiger partial charge < -0.3 is 14.4 Å². The highest BCUT2D eigenvalue weighted by Crippen LogP contribution is 2.09. The van der Waals surface area contributed by atoms with E-state index in [4.69, 9.17) is 4.74 Å². The summed E-state index contributed by atoms with van der Waals surface area (Å²) in [5.74, 6) is -1.69. The zero-order chi connectivity index (χ0) is 13.0. The van der Waals surface area contributed by atoms with Crippen LogP contribution in [0.1, 0.15) is 10.4 Å². The second kappa shape index (κ2) is 5.59. The van der Waals surface area contributed by atoms with Crippen molar-refractivity contribution in [3.8, 4) is 0 Å². The molecule has 0 unspecified atom stereocenters. The maximum absolute atomic E-state index is 13.3. The Bertz CT molecular complexity index is 457. The third-order valence-electron chi connectivity index (χ3n) is 2.54. The summed E-state index contributed by atoms with van der Waals surface area (Å²) in [6, 6.07) is 5.36. The van der Waals surface area contributed by atoms with Crippen LogP contribution in [0.25, 0.3) is 0 Å². The second-order valence-electron chi connectivity index (χ2n) is 3.73. The largest absolute Gasteiger partial charge is 0.417 e. The molecule has 96 valence electrons. The smallest absolute Gasteiger partial charge is 0.378 e. The molecule has 1 aromatic carbocycles. The molecule has 5 nitrogen and oxygen atoms in total. The highest BCUT2D eigenvalue weighted by molar-refractivity contribution is 5.96. The fourth-order valence-corrected chi connectivity index (χ4v) is 1.57. The maximum atomic E-state index is 13.3. The molecule has 1 saturated heterocycles. The molecule has 1 aliphatic rings. The first kappa shape index (κ1) is 12.5. The Labute approximate surface area is 103 Å². The summed E-state index contributed by atoms with van der Waals surface area (Å²) in [6.07, 6.45) is -0.772. The Balaban J connectivity index is 1.99. The van der Waals surface area contributed by atoms with Crippen molar-refractivity contribution in [2.75, 3.05) is 26.3 Å². The predicted octanol–water partition coefficient (Wildman–Crippen LogP) is 1.43. The zero-order valence-electron chi connectivity index (χ0n) is 9.60. The first-order valence-corrected chi connectivity index (χ1v) is 5.52. The van der Waals surface area contributed by atoms with E-state index in [1.54, 1.807) is 0 Å². The Hall–Kier alpha value is -1.95. The summed E-state index contributed by atoms with van der Waals surface area (Å²) in [7, 11) is 0. The lowest BCUT2D eigenvalue weighted by Gasteiger charge is -2.25. The zero-order valence-corrected chi connectivity index (χ0v) is 9.60. The topological polar surface area (TPSA) is 55.8 Å². The van der Waals surface area contributed by atoms with Crippen molar-refractivity contribution >= 4 is 12.1 Å². The number of carbonyl (C=O) groups excluding carboxylic acids is 2. The summed E-state index contributed by atoms with van der Waals surface area (Å²) < 4.78 is 23.0. The Kier molecular flexibility index (Phi) is 3.88. The van der Waals surface area contributed by atoms with Crippen LogP contribution in [0.3, 0.4) is 0 Å². The fraction of sp³-hybridized carbons (Fsp3) is 0.333. The number of rotatable bonds is 1. The Morgan fingerprint density at radius 3 is 2.56 bits per heavy atom. The number of nitrogens with zero attached hydrogens (tertiary/aromatic N) is 1. The number of halogens is 1. The minimum absolute atomic E-state index is 0.251. The molecular formula is C12H12FNO4. The van der Waals surface area contributed by atoms with Gasteiger partial charge in [0.15, 0.2) is 0 Å². The number of hydrogen-bond acceptors (Lipinski definition) is 4. The van der Waals surface area contributed by atoms with Crippen molar-refractivity contribution in [3.63, 3.8) is 0 Å². The van der Waals surface area contributed by atoms with Gasteiger partial charge in [-0.2, -0.15) is 0 Å². The second-order valence-corrected chi connectivity index (χ2v) is 3.73. The van der Waals surface area contributed by atoms with Crippen LogP contribution in [-0.4, -0.2) is 43.3 Å². The van der Waals surface area contributed by atoms with Gasteiger partial charge in [0, 0.05) is 13.1 Å². The molecule has 0 aromatic heterocycles. The van der Waals surface area contributed by atoms with E-state index in [0.717, 1.165) is 6.07 Å². The Morgan fingerprint density at radius 1 is 1.22 bits per heavy atom. The van der Waals surface area contributed by atoms with E-state index >= 15 is 0 Å². The summed E-state index contributed by atoms with van der Waals surface area (Å²) >= 11 is 0. The number of benzene rings is 1. The first-order valence-electron chi connectivity index (χ1n) is 5.52. The van der Waals surface area contributed by atoms with Crippen LogP contribution >= 0.6 is 0 Å². The molecule has 0 atom stereocenters. The van der Waals surface area contributed by atoms with Gasteiger partial charge in [-0.15, -0.1) is 0 Å². The van der Waals surface area contributed by atoms with Crippen molar-refractivity contribution in [1.82, 2.24) is 4.90 Å². The molecule has 1 aromatic rings. The molecule has 0 radical (unpaired) electrons. The van der Waals surface area contributed by atoms with Crippen LogP contribution in [0.5, 0.6) is 0 Å². The van der Waals surface area contributed by atoms with E-state index < -0.39 is 17.9 Å². The summed E-state index contributed by atoms with van der Waals surface area (Å²) in [5.41, 5.74) is -0.251. The van der Waals surface area contributed by atoms with Gasteiger partial charge in [0.05, 0.1) is 18.8 Å². The molecular weight excluding hydrogens is 241 g/mol. The van der Waals surface area contributed by atoms with Gasteiger partial charge in [0.25, 0.3) is 0 Å².